The van der Waals surface area contributed by atoms with E-state index in [-0.39, 0.29) is 6.04 Å². The zero-order valence-electron chi connectivity index (χ0n) is 9.42. The third-order valence-corrected chi connectivity index (χ3v) is 2.46. The second kappa shape index (κ2) is 4.44. The Bertz CT molecular complexity index is 234. The lowest BCUT2D eigenvalue weighted by molar-refractivity contribution is -0.153. The van der Waals surface area contributed by atoms with Crippen LogP contribution in [0, 0.1) is 11.3 Å². The molecule has 0 radical (unpaired) electrons. The second-order valence-electron chi connectivity index (χ2n) is 4.44. The molecule has 1 unspecified atom stereocenters. The standard InChI is InChI=1S/C10H19NO3/c1-6(2)7(3)11-8(12)10(4,5)9(13)14/h6-7H,1-5H3,(H,11,12)(H,13,14). The SMILES string of the molecule is CC(C)C(C)NC(=O)C(C)(C)C(=O)O. The summed E-state index contributed by atoms with van der Waals surface area (Å²) in [5, 5.41) is 11.5. The fourth-order valence-corrected chi connectivity index (χ4v) is 0.651. The summed E-state index contributed by atoms with van der Waals surface area (Å²) in [4.78, 5) is 22.3. The predicted octanol–water partition coefficient (Wildman–Crippen LogP) is 1.26. The Morgan fingerprint density at radius 2 is 1.64 bits per heavy atom. The summed E-state index contributed by atoms with van der Waals surface area (Å²) >= 11 is 0. The number of hydrogen-bond acceptors (Lipinski definition) is 2. The van der Waals surface area contributed by atoms with Crippen LogP contribution in [-0.4, -0.2) is 23.0 Å². The van der Waals surface area contributed by atoms with Crippen LogP contribution in [0.2, 0.25) is 0 Å². The third-order valence-electron chi connectivity index (χ3n) is 2.46. The van der Waals surface area contributed by atoms with Crippen molar-refractivity contribution in [1.29, 1.82) is 0 Å². The van der Waals surface area contributed by atoms with E-state index in [1.165, 1.54) is 13.8 Å². The highest BCUT2D eigenvalue weighted by molar-refractivity contribution is 6.01. The van der Waals surface area contributed by atoms with Gasteiger partial charge in [-0.25, -0.2) is 0 Å². The number of rotatable bonds is 4. The van der Waals surface area contributed by atoms with Crippen LogP contribution >= 0.6 is 0 Å². The van der Waals surface area contributed by atoms with E-state index in [1.54, 1.807) is 0 Å². The molecule has 4 heteroatoms. The van der Waals surface area contributed by atoms with Crippen molar-refractivity contribution in [2.75, 3.05) is 0 Å². The zero-order valence-corrected chi connectivity index (χ0v) is 9.42. The molecule has 0 heterocycles. The van der Waals surface area contributed by atoms with Gasteiger partial charge in [0.05, 0.1) is 0 Å². The van der Waals surface area contributed by atoms with Crippen LogP contribution in [-0.2, 0) is 9.59 Å². The normalized spacial score (nSPS) is 13.9. The molecule has 0 aliphatic rings. The number of amides is 1. The van der Waals surface area contributed by atoms with Crippen molar-refractivity contribution in [3.63, 3.8) is 0 Å². The van der Waals surface area contributed by atoms with Crippen LogP contribution in [0.4, 0.5) is 0 Å². The van der Waals surface area contributed by atoms with Gasteiger partial charge in [0.25, 0.3) is 0 Å². The van der Waals surface area contributed by atoms with E-state index in [1.807, 2.05) is 20.8 Å². The van der Waals surface area contributed by atoms with Crippen LogP contribution < -0.4 is 5.32 Å². The van der Waals surface area contributed by atoms with E-state index >= 15 is 0 Å². The summed E-state index contributed by atoms with van der Waals surface area (Å²) in [6, 6.07) is -0.0128. The summed E-state index contributed by atoms with van der Waals surface area (Å²) < 4.78 is 0. The molecule has 0 aliphatic carbocycles. The monoisotopic (exact) mass is 201 g/mol. The van der Waals surface area contributed by atoms with Gasteiger partial charge in [-0.2, -0.15) is 0 Å². The number of carboxylic acid groups (broad SMARTS) is 1. The highest BCUT2D eigenvalue weighted by atomic mass is 16.4. The first-order valence-corrected chi connectivity index (χ1v) is 4.74. The molecule has 0 aromatic heterocycles. The minimum absolute atomic E-state index is 0.0128. The molecule has 1 amide bonds. The van der Waals surface area contributed by atoms with Gasteiger partial charge in [0, 0.05) is 6.04 Å². The van der Waals surface area contributed by atoms with Crippen LogP contribution in [0.3, 0.4) is 0 Å². The Hall–Kier alpha value is -1.06. The Morgan fingerprint density at radius 3 is 1.93 bits per heavy atom. The summed E-state index contributed by atoms with van der Waals surface area (Å²) in [5.41, 5.74) is -1.36. The molecule has 14 heavy (non-hydrogen) atoms. The first-order chi connectivity index (χ1) is 6.19. The van der Waals surface area contributed by atoms with Crippen molar-refractivity contribution in [2.45, 2.75) is 40.7 Å². The molecule has 4 nitrogen and oxygen atoms in total. The summed E-state index contributed by atoms with van der Waals surface area (Å²) in [6.07, 6.45) is 0. The van der Waals surface area contributed by atoms with Gasteiger partial charge in [-0.05, 0) is 26.7 Å². The zero-order chi connectivity index (χ0) is 11.5. The number of carbonyl (C=O) groups excluding carboxylic acids is 1. The average Bonchev–Trinajstić information content (AvgIpc) is 2.03. The summed E-state index contributed by atoms with van der Waals surface area (Å²) in [6.45, 7) is 8.60. The van der Waals surface area contributed by atoms with Gasteiger partial charge in [0.1, 0.15) is 5.41 Å². The molecule has 0 aromatic rings. The quantitative estimate of drug-likeness (QED) is 0.673. The molecule has 0 spiro atoms. The first kappa shape index (κ1) is 12.9. The smallest absolute Gasteiger partial charge is 0.318 e. The number of nitrogens with one attached hydrogen (secondary N) is 1. The van der Waals surface area contributed by atoms with Gasteiger partial charge < -0.3 is 10.4 Å². The maximum atomic E-state index is 11.5. The fourth-order valence-electron chi connectivity index (χ4n) is 0.651. The first-order valence-electron chi connectivity index (χ1n) is 4.74. The van der Waals surface area contributed by atoms with E-state index in [4.69, 9.17) is 5.11 Å². The second-order valence-corrected chi connectivity index (χ2v) is 4.44. The third kappa shape index (κ3) is 3.01. The van der Waals surface area contributed by atoms with Crippen molar-refractivity contribution in [3.8, 4) is 0 Å². The Morgan fingerprint density at radius 1 is 1.21 bits per heavy atom. The highest BCUT2D eigenvalue weighted by Crippen LogP contribution is 2.16. The summed E-state index contributed by atoms with van der Waals surface area (Å²) in [5.74, 6) is -1.25. The van der Waals surface area contributed by atoms with Crippen LogP contribution in [0.1, 0.15) is 34.6 Å². The topological polar surface area (TPSA) is 66.4 Å². The number of hydrogen-bond donors (Lipinski definition) is 2. The lowest BCUT2D eigenvalue weighted by Crippen LogP contribution is -2.47. The molecule has 0 rings (SSSR count). The van der Waals surface area contributed by atoms with Gasteiger partial charge in [0.2, 0.25) is 5.91 Å². The van der Waals surface area contributed by atoms with E-state index in [9.17, 15) is 9.59 Å². The fraction of sp³-hybridized carbons (Fsp3) is 0.800. The van der Waals surface area contributed by atoms with Gasteiger partial charge in [0.15, 0.2) is 0 Å². The lowest BCUT2D eigenvalue weighted by atomic mass is 9.91. The molecule has 82 valence electrons. The molecular formula is C10H19NO3. The Labute approximate surface area is 84.7 Å². The van der Waals surface area contributed by atoms with Crippen molar-refractivity contribution in [2.24, 2.45) is 11.3 Å². The average molecular weight is 201 g/mol. The maximum Gasteiger partial charge on any atom is 0.318 e. The lowest BCUT2D eigenvalue weighted by Gasteiger charge is -2.23. The molecule has 0 saturated heterocycles. The van der Waals surface area contributed by atoms with Crippen LogP contribution in [0.5, 0.6) is 0 Å². The van der Waals surface area contributed by atoms with E-state index < -0.39 is 17.3 Å². The largest absolute Gasteiger partial charge is 0.480 e. The number of aliphatic carboxylic acids is 1. The van der Waals surface area contributed by atoms with Crippen molar-refractivity contribution in [1.82, 2.24) is 5.32 Å². The Balaban J connectivity index is 4.43. The number of carboxylic acids is 1. The molecular weight excluding hydrogens is 182 g/mol. The Kier molecular flexibility index (Phi) is 4.10. The molecule has 1 atom stereocenters. The van der Waals surface area contributed by atoms with Crippen molar-refractivity contribution in [3.05, 3.63) is 0 Å². The molecule has 0 aromatic carbocycles. The minimum atomic E-state index is -1.36. The van der Waals surface area contributed by atoms with E-state index in [2.05, 4.69) is 5.32 Å². The molecule has 0 saturated carbocycles. The van der Waals surface area contributed by atoms with Crippen molar-refractivity contribution < 1.29 is 14.7 Å². The number of carbonyl (C=O) groups is 2. The van der Waals surface area contributed by atoms with Crippen LogP contribution in [0.15, 0.2) is 0 Å². The van der Waals surface area contributed by atoms with Gasteiger partial charge in [-0.1, -0.05) is 13.8 Å². The molecule has 0 fully saturated rings. The van der Waals surface area contributed by atoms with Gasteiger partial charge in [-0.15, -0.1) is 0 Å². The summed E-state index contributed by atoms with van der Waals surface area (Å²) in [7, 11) is 0. The molecule has 0 aliphatic heterocycles. The predicted molar refractivity (Wildman–Crippen MR) is 53.9 cm³/mol. The minimum Gasteiger partial charge on any atom is -0.480 e. The van der Waals surface area contributed by atoms with Crippen molar-refractivity contribution >= 4 is 11.9 Å². The molecule has 2 N–H and O–H groups in total. The highest BCUT2D eigenvalue weighted by Gasteiger charge is 2.36. The van der Waals surface area contributed by atoms with Crippen LogP contribution in [0.25, 0.3) is 0 Å². The maximum absolute atomic E-state index is 11.5. The van der Waals surface area contributed by atoms with Gasteiger partial charge >= 0.3 is 5.97 Å². The van der Waals surface area contributed by atoms with Gasteiger partial charge in [-0.3, -0.25) is 9.59 Å². The molecule has 0 bridgehead atoms. The van der Waals surface area contributed by atoms with E-state index in [0.29, 0.717) is 5.92 Å². The van der Waals surface area contributed by atoms with E-state index in [0.717, 1.165) is 0 Å².